The Kier molecular flexibility index (Phi) is 5.54. The van der Waals surface area contributed by atoms with E-state index < -0.39 is 0 Å². The van der Waals surface area contributed by atoms with Crippen molar-refractivity contribution in [2.24, 2.45) is 0 Å². The molecule has 3 heterocycles. The van der Waals surface area contributed by atoms with Crippen LogP contribution in [0.15, 0.2) is 46.2 Å². The van der Waals surface area contributed by atoms with Crippen molar-refractivity contribution in [3.05, 3.63) is 64.0 Å². The third kappa shape index (κ3) is 4.31. The monoisotopic (exact) mass is 416 g/mol. The zero-order valence-electron chi connectivity index (χ0n) is 15.5. The molecule has 0 radical (unpaired) electrons. The van der Waals surface area contributed by atoms with Gasteiger partial charge < -0.3 is 19.5 Å². The van der Waals surface area contributed by atoms with Crippen LogP contribution in [0.2, 0.25) is 5.02 Å². The summed E-state index contributed by atoms with van der Waals surface area (Å²) in [4.78, 5) is 21.4. The van der Waals surface area contributed by atoms with Crippen molar-refractivity contribution >= 4 is 39.7 Å². The molecule has 1 aromatic carbocycles. The molecule has 1 fully saturated rings. The molecule has 28 heavy (non-hydrogen) atoms. The Bertz CT molecular complexity index is 963. The molecular formula is C20H21ClN4O2S. The third-order valence-electron chi connectivity index (χ3n) is 4.67. The Morgan fingerprint density at radius 3 is 2.71 bits per heavy atom. The van der Waals surface area contributed by atoms with Crippen molar-refractivity contribution in [3.8, 4) is 0 Å². The molecule has 8 heteroatoms. The number of aromatic nitrogens is 1. The summed E-state index contributed by atoms with van der Waals surface area (Å²) in [7, 11) is 0. The van der Waals surface area contributed by atoms with Gasteiger partial charge in [-0.25, -0.2) is 4.98 Å². The van der Waals surface area contributed by atoms with Gasteiger partial charge in [-0.15, -0.1) is 11.3 Å². The summed E-state index contributed by atoms with van der Waals surface area (Å²) in [5.41, 5.74) is 1.58. The van der Waals surface area contributed by atoms with Crippen molar-refractivity contribution in [2.45, 2.75) is 13.5 Å². The molecule has 0 unspecified atom stereocenters. The van der Waals surface area contributed by atoms with Gasteiger partial charge in [0.1, 0.15) is 17.2 Å². The zero-order chi connectivity index (χ0) is 19.5. The van der Waals surface area contributed by atoms with Gasteiger partial charge in [0.05, 0.1) is 6.54 Å². The first-order valence-electron chi connectivity index (χ1n) is 9.13. The van der Waals surface area contributed by atoms with E-state index in [9.17, 15) is 4.79 Å². The lowest BCUT2D eigenvalue weighted by Gasteiger charge is -2.36. The molecule has 1 saturated heterocycles. The minimum Gasteiger partial charge on any atom is -0.465 e. The molecule has 2 aromatic heterocycles. The van der Waals surface area contributed by atoms with Gasteiger partial charge in [-0.3, -0.25) is 4.79 Å². The van der Waals surface area contributed by atoms with Crippen LogP contribution in [-0.4, -0.2) is 37.1 Å². The maximum absolute atomic E-state index is 12.3. The first kappa shape index (κ1) is 18.8. The molecule has 0 saturated carbocycles. The van der Waals surface area contributed by atoms with Gasteiger partial charge in [0.2, 0.25) is 0 Å². The Balaban J connectivity index is 1.32. The Labute approximate surface area is 172 Å². The molecule has 4 rings (SSSR count). The lowest BCUT2D eigenvalue weighted by atomic mass is 10.2. The maximum atomic E-state index is 12.3. The number of thiazole rings is 1. The predicted octanol–water partition coefficient (Wildman–Crippen LogP) is 3.95. The molecule has 0 spiro atoms. The standard InChI is InChI=1S/C20H21ClN4O2S/c1-14-5-6-17(27-14)12-22-19(26)18-13-28-20(23-18)25-9-7-24(8-10-25)16-4-2-3-15(21)11-16/h2-6,11,13H,7-10,12H2,1H3,(H,22,26). The van der Waals surface area contributed by atoms with Gasteiger partial charge in [0.25, 0.3) is 5.91 Å². The third-order valence-corrected chi connectivity index (χ3v) is 5.80. The van der Waals surface area contributed by atoms with Gasteiger partial charge in [-0.05, 0) is 37.3 Å². The van der Waals surface area contributed by atoms with Crippen LogP contribution in [-0.2, 0) is 6.54 Å². The van der Waals surface area contributed by atoms with Crippen LogP contribution in [0.5, 0.6) is 0 Å². The number of rotatable bonds is 5. The van der Waals surface area contributed by atoms with Gasteiger partial charge >= 0.3 is 0 Å². The van der Waals surface area contributed by atoms with Gasteiger partial charge in [-0.1, -0.05) is 17.7 Å². The number of hydrogen-bond donors (Lipinski definition) is 1. The minimum atomic E-state index is -0.186. The number of furan rings is 1. The van der Waals surface area contributed by atoms with Crippen LogP contribution in [0, 0.1) is 6.92 Å². The normalized spacial score (nSPS) is 14.4. The van der Waals surface area contributed by atoms with Crippen LogP contribution in [0.25, 0.3) is 0 Å². The highest BCUT2D eigenvalue weighted by Gasteiger charge is 2.21. The number of carbonyl (C=O) groups excluding carboxylic acids is 1. The molecule has 1 aliphatic heterocycles. The fourth-order valence-electron chi connectivity index (χ4n) is 3.18. The second-order valence-corrected chi connectivity index (χ2v) is 7.94. The molecule has 6 nitrogen and oxygen atoms in total. The number of carbonyl (C=O) groups is 1. The van der Waals surface area contributed by atoms with Crippen LogP contribution >= 0.6 is 22.9 Å². The van der Waals surface area contributed by atoms with Crippen LogP contribution < -0.4 is 15.1 Å². The molecule has 3 aromatic rings. The number of piperazine rings is 1. The van der Waals surface area contributed by atoms with Crippen molar-refractivity contribution in [2.75, 3.05) is 36.0 Å². The number of nitrogens with one attached hydrogen (secondary N) is 1. The highest BCUT2D eigenvalue weighted by Crippen LogP contribution is 2.25. The topological polar surface area (TPSA) is 61.6 Å². The van der Waals surface area contributed by atoms with E-state index in [4.69, 9.17) is 16.0 Å². The SMILES string of the molecule is Cc1ccc(CNC(=O)c2csc(N3CCN(c4cccc(Cl)c4)CC3)n2)o1. The molecule has 0 bridgehead atoms. The highest BCUT2D eigenvalue weighted by atomic mass is 35.5. The van der Waals surface area contributed by atoms with Crippen LogP contribution in [0.1, 0.15) is 22.0 Å². The van der Waals surface area contributed by atoms with E-state index >= 15 is 0 Å². The summed E-state index contributed by atoms with van der Waals surface area (Å²) < 4.78 is 5.47. The molecule has 1 aliphatic rings. The van der Waals surface area contributed by atoms with Gasteiger partial charge in [0, 0.05) is 42.3 Å². The summed E-state index contributed by atoms with van der Waals surface area (Å²) >= 11 is 7.60. The van der Waals surface area contributed by atoms with Crippen molar-refractivity contribution in [3.63, 3.8) is 0 Å². The molecular weight excluding hydrogens is 396 g/mol. The minimum absolute atomic E-state index is 0.186. The number of hydrogen-bond acceptors (Lipinski definition) is 6. The highest BCUT2D eigenvalue weighted by molar-refractivity contribution is 7.13. The van der Waals surface area contributed by atoms with E-state index in [1.807, 2.05) is 37.3 Å². The number of amides is 1. The van der Waals surface area contributed by atoms with E-state index in [0.717, 1.165) is 53.5 Å². The Morgan fingerprint density at radius 2 is 2.00 bits per heavy atom. The van der Waals surface area contributed by atoms with Crippen LogP contribution in [0.3, 0.4) is 0 Å². The lowest BCUT2D eigenvalue weighted by Crippen LogP contribution is -2.46. The van der Waals surface area contributed by atoms with E-state index in [-0.39, 0.29) is 5.91 Å². The smallest absolute Gasteiger partial charge is 0.271 e. The summed E-state index contributed by atoms with van der Waals surface area (Å²) in [6.45, 7) is 5.72. The van der Waals surface area contributed by atoms with E-state index in [0.29, 0.717) is 12.2 Å². The van der Waals surface area contributed by atoms with E-state index in [1.54, 1.807) is 5.38 Å². The van der Waals surface area contributed by atoms with E-state index in [2.05, 4.69) is 26.2 Å². The number of aryl methyl sites for hydroxylation is 1. The molecule has 0 atom stereocenters. The maximum Gasteiger partial charge on any atom is 0.271 e. The summed E-state index contributed by atoms with van der Waals surface area (Å²) in [5, 5.41) is 6.29. The Morgan fingerprint density at radius 1 is 1.21 bits per heavy atom. The average Bonchev–Trinajstić information content (AvgIpc) is 3.36. The summed E-state index contributed by atoms with van der Waals surface area (Å²) in [5.74, 6) is 1.38. The zero-order valence-corrected chi connectivity index (χ0v) is 17.1. The Hall–Kier alpha value is -2.51. The molecule has 146 valence electrons. The van der Waals surface area contributed by atoms with Crippen molar-refractivity contribution in [1.82, 2.24) is 10.3 Å². The lowest BCUT2D eigenvalue weighted by molar-refractivity contribution is 0.0943. The second-order valence-electron chi connectivity index (χ2n) is 6.66. The quantitative estimate of drug-likeness (QED) is 0.682. The average molecular weight is 417 g/mol. The second kappa shape index (κ2) is 8.24. The van der Waals surface area contributed by atoms with Gasteiger partial charge in [-0.2, -0.15) is 0 Å². The first-order valence-corrected chi connectivity index (χ1v) is 10.4. The summed E-state index contributed by atoms with van der Waals surface area (Å²) in [6, 6.07) is 11.7. The van der Waals surface area contributed by atoms with Crippen molar-refractivity contribution in [1.29, 1.82) is 0 Å². The first-order chi connectivity index (χ1) is 13.6. The van der Waals surface area contributed by atoms with E-state index in [1.165, 1.54) is 11.3 Å². The predicted molar refractivity (Wildman–Crippen MR) is 113 cm³/mol. The van der Waals surface area contributed by atoms with Gasteiger partial charge in [0.15, 0.2) is 5.13 Å². The van der Waals surface area contributed by atoms with Crippen molar-refractivity contribution < 1.29 is 9.21 Å². The molecule has 0 aliphatic carbocycles. The fourth-order valence-corrected chi connectivity index (χ4v) is 4.22. The van der Waals surface area contributed by atoms with Crippen LogP contribution in [0.4, 0.5) is 10.8 Å². The molecule has 1 N–H and O–H groups in total. The number of halogens is 1. The summed E-state index contributed by atoms with van der Waals surface area (Å²) in [6.07, 6.45) is 0. The number of anilines is 2. The molecule has 1 amide bonds. The fraction of sp³-hybridized carbons (Fsp3) is 0.300. The number of benzene rings is 1. The number of nitrogens with zero attached hydrogens (tertiary/aromatic N) is 3. The largest absolute Gasteiger partial charge is 0.465 e.